The number of rotatable bonds is 5. The minimum absolute atomic E-state index is 0.0560. The van der Waals surface area contributed by atoms with Crippen LogP contribution in [0.2, 0.25) is 0 Å². The Morgan fingerprint density at radius 1 is 1.25 bits per heavy atom. The first-order valence-corrected chi connectivity index (χ1v) is 7.43. The summed E-state index contributed by atoms with van der Waals surface area (Å²) >= 11 is 1.63. The maximum Gasteiger partial charge on any atom is 0.225 e. The molecule has 1 unspecified atom stereocenters. The fourth-order valence-electron chi connectivity index (χ4n) is 2.08. The normalized spacial score (nSPS) is 12.2. The molecule has 0 saturated carbocycles. The van der Waals surface area contributed by atoms with E-state index in [0.29, 0.717) is 6.42 Å². The Bertz CT molecular complexity index is 592. The van der Waals surface area contributed by atoms with Gasteiger partial charge in [0.1, 0.15) is 0 Å². The highest BCUT2D eigenvalue weighted by atomic mass is 32.1. The van der Waals surface area contributed by atoms with Crippen molar-refractivity contribution in [3.05, 3.63) is 57.3 Å². The van der Waals surface area contributed by atoms with Crippen molar-refractivity contribution in [1.29, 1.82) is 0 Å². The summed E-state index contributed by atoms with van der Waals surface area (Å²) in [6.45, 7) is 4.22. The summed E-state index contributed by atoms with van der Waals surface area (Å²) < 4.78 is 0. The van der Waals surface area contributed by atoms with E-state index in [1.807, 2.05) is 50.2 Å². The predicted octanol–water partition coefficient (Wildman–Crippen LogP) is 2.76. The van der Waals surface area contributed by atoms with Gasteiger partial charge in [-0.15, -0.1) is 11.3 Å². The van der Waals surface area contributed by atoms with Crippen LogP contribution >= 0.6 is 11.3 Å². The van der Waals surface area contributed by atoms with Crippen LogP contribution in [0.5, 0.6) is 0 Å². The lowest BCUT2D eigenvalue weighted by Gasteiger charge is -2.14. The number of nitrogens with one attached hydrogen (secondary N) is 1. The Morgan fingerprint density at radius 3 is 2.65 bits per heavy atom. The summed E-state index contributed by atoms with van der Waals surface area (Å²) in [5, 5.41) is 12.9. The van der Waals surface area contributed by atoms with E-state index in [2.05, 4.69) is 5.32 Å². The van der Waals surface area contributed by atoms with Gasteiger partial charge in [0.05, 0.1) is 12.5 Å². The molecule has 20 heavy (non-hydrogen) atoms. The van der Waals surface area contributed by atoms with Crippen molar-refractivity contribution in [2.75, 3.05) is 6.54 Å². The fraction of sp³-hybridized carbons (Fsp3) is 0.312. The number of aliphatic hydroxyl groups excluding tert-OH is 1. The lowest BCUT2D eigenvalue weighted by molar-refractivity contribution is -0.120. The molecule has 2 rings (SSSR count). The van der Waals surface area contributed by atoms with Crippen molar-refractivity contribution in [2.24, 2.45) is 0 Å². The highest BCUT2D eigenvalue weighted by Gasteiger charge is 2.12. The maximum atomic E-state index is 11.8. The van der Waals surface area contributed by atoms with Crippen LogP contribution in [-0.4, -0.2) is 17.6 Å². The van der Waals surface area contributed by atoms with Gasteiger partial charge in [-0.05, 0) is 37.1 Å². The molecule has 1 aromatic carbocycles. The van der Waals surface area contributed by atoms with E-state index in [-0.39, 0.29) is 12.5 Å². The third-order valence-corrected chi connectivity index (χ3v) is 4.17. The van der Waals surface area contributed by atoms with E-state index in [9.17, 15) is 9.90 Å². The minimum atomic E-state index is -0.662. The van der Waals surface area contributed by atoms with Gasteiger partial charge in [0.2, 0.25) is 5.91 Å². The fourth-order valence-corrected chi connectivity index (χ4v) is 2.97. The van der Waals surface area contributed by atoms with E-state index in [1.165, 1.54) is 4.88 Å². The van der Waals surface area contributed by atoms with Crippen LogP contribution in [0.25, 0.3) is 0 Å². The molecule has 0 aliphatic carbocycles. The monoisotopic (exact) mass is 289 g/mol. The second kappa shape index (κ2) is 6.68. The molecule has 0 fully saturated rings. The highest BCUT2D eigenvalue weighted by molar-refractivity contribution is 7.12. The van der Waals surface area contributed by atoms with E-state index < -0.39 is 6.10 Å². The molecule has 0 aliphatic heterocycles. The average Bonchev–Trinajstić information content (AvgIpc) is 2.82. The number of benzene rings is 1. The van der Waals surface area contributed by atoms with Crippen LogP contribution < -0.4 is 5.32 Å². The number of hydrogen-bond donors (Lipinski definition) is 2. The van der Waals surface area contributed by atoms with Gasteiger partial charge in [0.15, 0.2) is 0 Å². The van der Waals surface area contributed by atoms with Crippen molar-refractivity contribution in [2.45, 2.75) is 26.4 Å². The Kier molecular flexibility index (Phi) is 4.93. The highest BCUT2D eigenvalue weighted by Crippen LogP contribution is 2.17. The first-order valence-electron chi connectivity index (χ1n) is 6.62. The molecule has 3 nitrogen and oxygen atoms in total. The van der Waals surface area contributed by atoms with Crippen LogP contribution in [0, 0.1) is 13.8 Å². The molecule has 0 radical (unpaired) electrons. The van der Waals surface area contributed by atoms with Crippen LogP contribution in [-0.2, 0) is 11.2 Å². The van der Waals surface area contributed by atoms with Crippen molar-refractivity contribution in [1.82, 2.24) is 5.32 Å². The summed E-state index contributed by atoms with van der Waals surface area (Å²) in [5.41, 5.74) is 1.89. The Labute approximate surface area is 123 Å². The molecule has 1 heterocycles. The van der Waals surface area contributed by atoms with Crippen molar-refractivity contribution in [3.63, 3.8) is 0 Å². The second-order valence-electron chi connectivity index (χ2n) is 4.87. The maximum absolute atomic E-state index is 11.8. The number of aliphatic hydroxyl groups is 1. The van der Waals surface area contributed by atoms with Gasteiger partial charge in [-0.3, -0.25) is 4.79 Å². The number of carbonyl (C=O) groups is 1. The van der Waals surface area contributed by atoms with Gasteiger partial charge < -0.3 is 10.4 Å². The average molecular weight is 289 g/mol. The summed E-state index contributed by atoms with van der Waals surface area (Å²) in [4.78, 5) is 14.1. The summed E-state index contributed by atoms with van der Waals surface area (Å²) in [5.74, 6) is -0.0560. The first kappa shape index (κ1) is 14.8. The molecule has 1 aromatic heterocycles. The van der Waals surface area contributed by atoms with Gasteiger partial charge in [-0.1, -0.05) is 24.3 Å². The number of hydrogen-bond acceptors (Lipinski definition) is 3. The zero-order chi connectivity index (χ0) is 14.5. The quantitative estimate of drug-likeness (QED) is 0.889. The molecule has 0 aliphatic rings. The Hall–Kier alpha value is -1.65. The zero-order valence-electron chi connectivity index (χ0n) is 11.7. The zero-order valence-corrected chi connectivity index (χ0v) is 12.5. The summed E-state index contributed by atoms with van der Waals surface area (Å²) in [6.07, 6.45) is -0.288. The molecule has 106 valence electrons. The molecule has 2 N–H and O–H groups in total. The molecular formula is C16H19NO2S. The molecule has 0 saturated heterocycles. The van der Waals surface area contributed by atoms with E-state index >= 15 is 0 Å². The largest absolute Gasteiger partial charge is 0.387 e. The molecule has 1 atom stereocenters. The van der Waals surface area contributed by atoms with E-state index in [1.54, 1.807) is 11.3 Å². The number of aryl methyl sites for hydroxylation is 2. The Morgan fingerprint density at radius 2 is 2.00 bits per heavy atom. The van der Waals surface area contributed by atoms with Crippen LogP contribution in [0.3, 0.4) is 0 Å². The van der Waals surface area contributed by atoms with Crippen molar-refractivity contribution >= 4 is 17.2 Å². The molecule has 1 amide bonds. The van der Waals surface area contributed by atoms with Crippen molar-refractivity contribution in [3.8, 4) is 0 Å². The van der Waals surface area contributed by atoms with Gasteiger partial charge >= 0.3 is 0 Å². The predicted molar refractivity (Wildman–Crippen MR) is 81.9 cm³/mol. The van der Waals surface area contributed by atoms with Crippen LogP contribution in [0.15, 0.2) is 36.4 Å². The third-order valence-electron chi connectivity index (χ3n) is 3.17. The minimum Gasteiger partial charge on any atom is -0.387 e. The number of amides is 1. The SMILES string of the molecule is Cc1ccc(CC(=O)NCC(O)c2ccccc2C)s1. The van der Waals surface area contributed by atoms with E-state index in [4.69, 9.17) is 0 Å². The molecule has 4 heteroatoms. The second-order valence-corrected chi connectivity index (χ2v) is 6.24. The summed E-state index contributed by atoms with van der Waals surface area (Å²) in [7, 11) is 0. The molecule has 0 spiro atoms. The lowest BCUT2D eigenvalue weighted by Crippen LogP contribution is -2.29. The van der Waals surface area contributed by atoms with Gasteiger partial charge in [-0.2, -0.15) is 0 Å². The lowest BCUT2D eigenvalue weighted by atomic mass is 10.0. The Balaban J connectivity index is 1.85. The first-order chi connectivity index (χ1) is 9.56. The number of thiophene rings is 1. The van der Waals surface area contributed by atoms with Gasteiger partial charge in [-0.25, -0.2) is 0 Å². The standard InChI is InChI=1S/C16H19NO2S/c1-11-5-3-4-6-14(11)15(18)10-17-16(19)9-13-8-7-12(2)20-13/h3-8,15,18H,9-10H2,1-2H3,(H,17,19). The van der Waals surface area contributed by atoms with Crippen molar-refractivity contribution < 1.29 is 9.90 Å². The smallest absolute Gasteiger partial charge is 0.225 e. The van der Waals surface area contributed by atoms with Gasteiger partial charge in [0, 0.05) is 16.3 Å². The molecule has 2 aromatic rings. The topological polar surface area (TPSA) is 49.3 Å². The number of carbonyl (C=O) groups excluding carboxylic acids is 1. The van der Waals surface area contributed by atoms with E-state index in [0.717, 1.165) is 16.0 Å². The van der Waals surface area contributed by atoms with Crippen LogP contribution in [0.4, 0.5) is 0 Å². The van der Waals surface area contributed by atoms with Crippen LogP contribution in [0.1, 0.15) is 27.0 Å². The van der Waals surface area contributed by atoms with Gasteiger partial charge in [0.25, 0.3) is 0 Å². The summed E-state index contributed by atoms with van der Waals surface area (Å²) in [6, 6.07) is 11.6. The molecule has 0 bridgehead atoms. The molecular weight excluding hydrogens is 270 g/mol. The third kappa shape index (κ3) is 3.92.